The van der Waals surface area contributed by atoms with Crippen LogP contribution >= 0.6 is 0 Å². The molecule has 2 aliphatic heterocycles. The molecule has 2 saturated heterocycles. The zero-order chi connectivity index (χ0) is 18.5. The highest BCUT2D eigenvalue weighted by atomic mass is 32.2. The molecule has 0 bridgehead atoms. The number of benzene rings is 1. The molecule has 2 fully saturated rings. The van der Waals surface area contributed by atoms with Crippen molar-refractivity contribution in [3.05, 3.63) is 29.7 Å². The minimum Gasteiger partial charge on any atom is -0.441 e. The molecule has 0 radical (unpaired) electrons. The third kappa shape index (κ3) is 3.01. The fraction of sp³-hybridized carbons (Fsp3) is 0.556. The van der Waals surface area contributed by atoms with E-state index in [9.17, 15) is 13.2 Å². The Kier molecular flexibility index (Phi) is 4.27. The van der Waals surface area contributed by atoms with Gasteiger partial charge in [-0.15, -0.1) is 0 Å². The van der Waals surface area contributed by atoms with Gasteiger partial charge < -0.3 is 9.32 Å². The van der Waals surface area contributed by atoms with Gasteiger partial charge in [0.05, 0.1) is 17.5 Å². The van der Waals surface area contributed by atoms with E-state index in [0.29, 0.717) is 35.6 Å². The van der Waals surface area contributed by atoms with Gasteiger partial charge in [0.2, 0.25) is 0 Å². The van der Waals surface area contributed by atoms with Gasteiger partial charge in [0.1, 0.15) is 5.52 Å². The molecule has 1 aromatic carbocycles. The molecule has 7 nitrogen and oxygen atoms in total. The lowest BCUT2D eigenvalue weighted by Gasteiger charge is -2.43. The van der Waals surface area contributed by atoms with Crippen molar-refractivity contribution in [2.45, 2.75) is 32.4 Å². The Hall–Kier alpha value is -1.93. The lowest BCUT2D eigenvalue weighted by Crippen LogP contribution is -2.60. The molecule has 0 aliphatic carbocycles. The molecule has 8 heteroatoms. The van der Waals surface area contributed by atoms with Gasteiger partial charge in [0.15, 0.2) is 21.3 Å². The summed E-state index contributed by atoms with van der Waals surface area (Å²) in [6.45, 7) is 5.97. The van der Waals surface area contributed by atoms with Crippen LogP contribution in [0.4, 0.5) is 0 Å². The van der Waals surface area contributed by atoms with Crippen LogP contribution in [0.15, 0.2) is 22.6 Å². The summed E-state index contributed by atoms with van der Waals surface area (Å²) in [5, 5.41) is 0. The zero-order valence-electron chi connectivity index (χ0n) is 15.0. The van der Waals surface area contributed by atoms with Gasteiger partial charge in [-0.05, 0) is 31.2 Å². The first-order valence-corrected chi connectivity index (χ1v) is 10.8. The first-order chi connectivity index (χ1) is 12.4. The summed E-state index contributed by atoms with van der Waals surface area (Å²) in [6.07, 6.45) is 0.971. The van der Waals surface area contributed by atoms with Crippen LogP contribution in [0, 0.1) is 6.92 Å². The molecule has 0 saturated carbocycles. The van der Waals surface area contributed by atoms with E-state index in [4.69, 9.17) is 4.42 Å². The molecule has 140 valence electrons. The van der Waals surface area contributed by atoms with Crippen molar-refractivity contribution in [3.8, 4) is 0 Å². The van der Waals surface area contributed by atoms with Crippen LogP contribution in [0.1, 0.15) is 29.6 Å². The van der Waals surface area contributed by atoms with E-state index in [1.54, 1.807) is 30.0 Å². The fourth-order valence-corrected chi connectivity index (χ4v) is 6.19. The number of carbonyl (C=O) groups is 1. The van der Waals surface area contributed by atoms with Crippen LogP contribution in [0.5, 0.6) is 0 Å². The second-order valence-electron chi connectivity index (χ2n) is 7.16. The Labute approximate surface area is 152 Å². The molecule has 2 atom stereocenters. The summed E-state index contributed by atoms with van der Waals surface area (Å²) >= 11 is 0. The number of hydrogen-bond acceptors (Lipinski definition) is 6. The van der Waals surface area contributed by atoms with Gasteiger partial charge in [-0.3, -0.25) is 9.69 Å². The Morgan fingerprint density at radius 3 is 2.81 bits per heavy atom. The molecule has 2 unspecified atom stereocenters. The molecule has 4 rings (SSSR count). The van der Waals surface area contributed by atoms with Crippen molar-refractivity contribution in [1.82, 2.24) is 14.8 Å². The van der Waals surface area contributed by atoms with Gasteiger partial charge in [-0.2, -0.15) is 0 Å². The Balaban J connectivity index is 1.64. The minimum absolute atomic E-state index is 0.0489. The van der Waals surface area contributed by atoms with Crippen LogP contribution in [-0.2, 0) is 9.84 Å². The number of aromatic nitrogens is 1. The van der Waals surface area contributed by atoms with E-state index in [1.807, 2.05) is 0 Å². The predicted octanol–water partition coefficient (Wildman–Crippen LogP) is 1.47. The molecule has 1 amide bonds. The smallest absolute Gasteiger partial charge is 0.254 e. The predicted molar refractivity (Wildman–Crippen MR) is 97.9 cm³/mol. The number of sulfone groups is 1. The van der Waals surface area contributed by atoms with Crippen molar-refractivity contribution in [1.29, 1.82) is 0 Å². The third-order valence-electron chi connectivity index (χ3n) is 5.31. The summed E-state index contributed by atoms with van der Waals surface area (Å²) in [5.74, 6) is 0.610. The normalized spacial score (nSPS) is 25.5. The van der Waals surface area contributed by atoms with E-state index in [-0.39, 0.29) is 29.5 Å². The number of piperazine rings is 1. The first kappa shape index (κ1) is 17.5. The lowest BCUT2D eigenvalue weighted by atomic mass is 10.0. The van der Waals surface area contributed by atoms with Crippen molar-refractivity contribution >= 4 is 26.8 Å². The second kappa shape index (κ2) is 6.35. The van der Waals surface area contributed by atoms with Crippen LogP contribution in [-0.4, -0.2) is 72.3 Å². The summed E-state index contributed by atoms with van der Waals surface area (Å²) in [5.41, 5.74) is 1.81. The summed E-state index contributed by atoms with van der Waals surface area (Å²) in [7, 11) is -3.12. The Bertz CT molecular complexity index is 952. The number of amides is 1. The zero-order valence-corrected chi connectivity index (χ0v) is 15.8. The largest absolute Gasteiger partial charge is 0.441 e. The maximum absolute atomic E-state index is 13.1. The molecule has 0 spiro atoms. The number of fused-ring (bicyclic) bond motifs is 2. The maximum atomic E-state index is 13.1. The molecule has 2 aromatic rings. The number of rotatable bonds is 3. The van der Waals surface area contributed by atoms with Gasteiger partial charge in [0, 0.05) is 31.6 Å². The molecule has 0 N–H and O–H groups in total. The Morgan fingerprint density at radius 2 is 2.04 bits per heavy atom. The average molecular weight is 377 g/mol. The number of carbonyl (C=O) groups excluding carboxylic acids is 1. The molecule has 3 heterocycles. The highest BCUT2D eigenvalue weighted by Crippen LogP contribution is 2.29. The SMILES string of the molecule is CCCN1CCN(C(=O)c2ccc3nc(C)oc3c2)C2CS(=O)(=O)CC21. The highest BCUT2D eigenvalue weighted by molar-refractivity contribution is 7.91. The number of nitrogens with zero attached hydrogens (tertiary/aromatic N) is 3. The quantitative estimate of drug-likeness (QED) is 0.805. The van der Waals surface area contributed by atoms with Gasteiger partial charge in [0.25, 0.3) is 5.91 Å². The number of hydrogen-bond donors (Lipinski definition) is 0. The monoisotopic (exact) mass is 377 g/mol. The van der Waals surface area contributed by atoms with E-state index in [2.05, 4.69) is 16.8 Å². The standard InChI is InChI=1S/C18H23N3O4S/c1-3-6-20-7-8-21(16-11-26(23,24)10-15(16)20)18(22)13-4-5-14-17(9-13)25-12(2)19-14/h4-5,9,15-16H,3,6-8,10-11H2,1-2H3. The molecular formula is C18H23N3O4S. The molecular weight excluding hydrogens is 354 g/mol. The summed E-state index contributed by atoms with van der Waals surface area (Å²) < 4.78 is 30.0. The van der Waals surface area contributed by atoms with E-state index < -0.39 is 9.84 Å². The van der Waals surface area contributed by atoms with Crippen LogP contribution < -0.4 is 0 Å². The van der Waals surface area contributed by atoms with Gasteiger partial charge in [-0.25, -0.2) is 13.4 Å². The van der Waals surface area contributed by atoms with Gasteiger partial charge >= 0.3 is 0 Å². The van der Waals surface area contributed by atoms with Crippen molar-refractivity contribution in [3.63, 3.8) is 0 Å². The van der Waals surface area contributed by atoms with E-state index >= 15 is 0 Å². The maximum Gasteiger partial charge on any atom is 0.254 e. The third-order valence-corrected chi connectivity index (χ3v) is 7.00. The van der Waals surface area contributed by atoms with Gasteiger partial charge in [-0.1, -0.05) is 6.92 Å². The summed E-state index contributed by atoms with van der Waals surface area (Å²) in [6, 6.07) is 4.83. The second-order valence-corrected chi connectivity index (χ2v) is 9.32. The van der Waals surface area contributed by atoms with Crippen LogP contribution in [0.2, 0.25) is 0 Å². The minimum atomic E-state index is -3.12. The highest BCUT2D eigenvalue weighted by Gasteiger charge is 2.47. The van der Waals surface area contributed by atoms with E-state index in [0.717, 1.165) is 13.0 Å². The van der Waals surface area contributed by atoms with Crippen molar-refractivity contribution in [2.24, 2.45) is 0 Å². The number of aryl methyl sites for hydroxylation is 1. The molecule has 26 heavy (non-hydrogen) atoms. The topological polar surface area (TPSA) is 83.7 Å². The van der Waals surface area contributed by atoms with E-state index in [1.165, 1.54) is 0 Å². The Morgan fingerprint density at radius 1 is 1.27 bits per heavy atom. The average Bonchev–Trinajstić information content (AvgIpc) is 3.11. The lowest BCUT2D eigenvalue weighted by molar-refractivity contribution is 0.0333. The van der Waals surface area contributed by atoms with Crippen molar-refractivity contribution in [2.75, 3.05) is 31.1 Å². The first-order valence-electron chi connectivity index (χ1n) is 9.00. The van der Waals surface area contributed by atoms with Crippen molar-refractivity contribution < 1.29 is 17.6 Å². The summed E-state index contributed by atoms with van der Waals surface area (Å²) in [4.78, 5) is 21.3. The fourth-order valence-electron chi connectivity index (χ4n) is 4.18. The molecule has 1 aromatic heterocycles. The van der Waals surface area contributed by atoms with Crippen LogP contribution in [0.3, 0.4) is 0 Å². The number of oxazole rings is 1. The van der Waals surface area contributed by atoms with Crippen LogP contribution in [0.25, 0.3) is 11.1 Å². The molecule has 2 aliphatic rings.